The minimum Gasteiger partial charge on any atom is -0.384 e. The number of rotatable bonds is 5. The Morgan fingerprint density at radius 1 is 1.13 bits per heavy atom. The number of nitrogens with two attached hydrogens (primary N) is 1. The van der Waals surface area contributed by atoms with E-state index in [1.54, 1.807) is 0 Å². The molecule has 2 aliphatic heterocycles. The van der Waals surface area contributed by atoms with Crippen molar-refractivity contribution in [2.45, 2.75) is 39.0 Å². The highest BCUT2D eigenvalue weighted by atomic mass is 16.5. The van der Waals surface area contributed by atoms with Gasteiger partial charge in [-0.15, -0.1) is 5.53 Å². The molecule has 0 amide bonds. The van der Waals surface area contributed by atoms with Crippen molar-refractivity contribution in [2.75, 3.05) is 34.6 Å². The molecule has 5 N–H and O–H groups in total. The van der Waals surface area contributed by atoms with Crippen molar-refractivity contribution in [3.63, 3.8) is 0 Å². The molecular formula is C22H28N8O. The van der Waals surface area contributed by atoms with Gasteiger partial charge in [0.2, 0.25) is 0 Å². The maximum absolute atomic E-state index is 5.95. The zero-order valence-corrected chi connectivity index (χ0v) is 17.8. The molecule has 162 valence electrons. The predicted octanol–water partition coefficient (Wildman–Crippen LogP) is 2.37. The van der Waals surface area contributed by atoms with Gasteiger partial charge >= 0.3 is 0 Å². The predicted molar refractivity (Wildman–Crippen MR) is 122 cm³/mol. The summed E-state index contributed by atoms with van der Waals surface area (Å²) in [5.74, 6) is 1.20. The second-order valence-corrected chi connectivity index (χ2v) is 8.36. The van der Waals surface area contributed by atoms with Gasteiger partial charge in [-0.2, -0.15) is 5.10 Å². The number of pyridine rings is 1. The van der Waals surface area contributed by atoms with Gasteiger partial charge in [-0.05, 0) is 48.7 Å². The average Bonchev–Trinajstić information content (AvgIpc) is 3.37. The van der Waals surface area contributed by atoms with Crippen LogP contribution in [0, 0.1) is 0 Å². The molecule has 9 heteroatoms. The van der Waals surface area contributed by atoms with Crippen LogP contribution in [0.1, 0.15) is 30.5 Å². The molecule has 0 aliphatic carbocycles. The third-order valence-electron chi connectivity index (χ3n) is 5.61. The van der Waals surface area contributed by atoms with Crippen LogP contribution < -0.4 is 27.0 Å². The van der Waals surface area contributed by atoms with Gasteiger partial charge in [-0.1, -0.05) is 12.1 Å². The summed E-state index contributed by atoms with van der Waals surface area (Å²) in [7, 11) is 0. The first-order valence-corrected chi connectivity index (χ1v) is 10.6. The van der Waals surface area contributed by atoms with Crippen LogP contribution in [0.2, 0.25) is 0 Å². The van der Waals surface area contributed by atoms with Gasteiger partial charge in [-0.25, -0.2) is 4.98 Å². The Morgan fingerprint density at radius 3 is 2.81 bits per heavy atom. The van der Waals surface area contributed by atoms with Gasteiger partial charge in [0.05, 0.1) is 30.6 Å². The van der Waals surface area contributed by atoms with E-state index in [9.17, 15) is 0 Å². The lowest BCUT2D eigenvalue weighted by atomic mass is 10.1. The Bertz CT molecular complexity index is 1070. The Labute approximate surface area is 181 Å². The summed E-state index contributed by atoms with van der Waals surface area (Å²) >= 11 is 0. The van der Waals surface area contributed by atoms with Gasteiger partial charge in [0, 0.05) is 31.4 Å². The van der Waals surface area contributed by atoms with Crippen molar-refractivity contribution in [3.8, 4) is 0 Å². The zero-order valence-electron chi connectivity index (χ0n) is 17.8. The maximum atomic E-state index is 5.95. The average molecular weight is 421 g/mol. The Morgan fingerprint density at radius 2 is 1.97 bits per heavy atom. The van der Waals surface area contributed by atoms with Crippen molar-refractivity contribution in [1.82, 2.24) is 20.3 Å². The van der Waals surface area contributed by atoms with Crippen LogP contribution in [-0.4, -0.2) is 40.1 Å². The molecule has 0 saturated carbocycles. The third kappa shape index (κ3) is 4.28. The van der Waals surface area contributed by atoms with Gasteiger partial charge in [0.1, 0.15) is 5.82 Å². The van der Waals surface area contributed by atoms with E-state index in [0.717, 1.165) is 42.9 Å². The summed E-state index contributed by atoms with van der Waals surface area (Å²) in [5.41, 5.74) is 20.4. The molecule has 9 nitrogen and oxygen atoms in total. The lowest BCUT2D eigenvalue weighted by molar-refractivity contribution is -0.00522. The molecule has 2 aromatic heterocycles. The van der Waals surface area contributed by atoms with Gasteiger partial charge in [0.25, 0.3) is 0 Å². The van der Waals surface area contributed by atoms with E-state index in [1.807, 2.05) is 16.9 Å². The number of ether oxygens (including phenoxy) is 1. The van der Waals surface area contributed by atoms with E-state index in [-0.39, 0.29) is 12.2 Å². The number of benzene rings is 1. The first-order chi connectivity index (χ1) is 15.0. The third-order valence-corrected chi connectivity index (χ3v) is 5.61. The van der Waals surface area contributed by atoms with Crippen LogP contribution in [-0.2, 0) is 17.7 Å². The summed E-state index contributed by atoms with van der Waals surface area (Å²) in [4.78, 5) is 6.69. The fourth-order valence-corrected chi connectivity index (χ4v) is 4.37. The molecule has 2 atom stereocenters. The molecule has 1 saturated heterocycles. The van der Waals surface area contributed by atoms with E-state index in [4.69, 9.17) is 10.5 Å². The summed E-state index contributed by atoms with van der Waals surface area (Å²) in [6, 6.07) is 10.6. The molecule has 0 unspecified atom stereocenters. The Kier molecular flexibility index (Phi) is 5.13. The molecule has 0 radical (unpaired) electrons. The monoisotopic (exact) mass is 420 g/mol. The maximum Gasteiger partial charge on any atom is 0.169 e. The van der Waals surface area contributed by atoms with Gasteiger partial charge in [0.15, 0.2) is 5.82 Å². The second kappa shape index (κ2) is 8.09. The van der Waals surface area contributed by atoms with E-state index in [2.05, 4.69) is 75.7 Å². The number of anilines is 4. The molecular weight excluding hydrogens is 392 g/mol. The molecule has 3 aromatic rings. The highest BCUT2D eigenvalue weighted by Crippen LogP contribution is 2.30. The summed E-state index contributed by atoms with van der Waals surface area (Å²) in [6.07, 6.45) is 5.20. The van der Waals surface area contributed by atoms with Crippen LogP contribution in [0.15, 0.2) is 42.7 Å². The van der Waals surface area contributed by atoms with E-state index in [0.29, 0.717) is 11.6 Å². The Balaban J connectivity index is 1.30. The second-order valence-electron chi connectivity index (χ2n) is 8.36. The van der Waals surface area contributed by atoms with Crippen molar-refractivity contribution >= 4 is 23.0 Å². The molecule has 2 aliphatic rings. The highest BCUT2D eigenvalue weighted by Gasteiger charge is 2.22. The minimum atomic E-state index is 0.240. The van der Waals surface area contributed by atoms with Crippen molar-refractivity contribution in [2.24, 2.45) is 0 Å². The molecule has 5 rings (SSSR count). The van der Waals surface area contributed by atoms with Crippen LogP contribution in [0.5, 0.6) is 0 Å². The number of nitrogens with one attached hydrogen (secondary N) is 3. The quantitative estimate of drug-likeness (QED) is 0.499. The summed E-state index contributed by atoms with van der Waals surface area (Å²) in [6.45, 7) is 6.81. The van der Waals surface area contributed by atoms with E-state index < -0.39 is 0 Å². The SMILES string of the molecule is C[C@@H]1CN(c2cccc(Cn3cc(Cc4cc(N)nc5c4NNN5)cn3)c2)C[C@H](C)O1. The van der Waals surface area contributed by atoms with Crippen LogP contribution >= 0.6 is 0 Å². The number of fused-ring (bicyclic) bond motifs is 1. The van der Waals surface area contributed by atoms with Gasteiger partial charge in [-0.3, -0.25) is 10.1 Å². The number of morpholine rings is 1. The molecule has 31 heavy (non-hydrogen) atoms. The summed E-state index contributed by atoms with van der Waals surface area (Å²) in [5, 5.41) is 4.57. The van der Waals surface area contributed by atoms with Crippen LogP contribution in [0.4, 0.5) is 23.0 Å². The first kappa shape index (κ1) is 19.7. The number of nitrogens with zero attached hydrogens (tertiary/aromatic N) is 4. The fourth-order valence-electron chi connectivity index (χ4n) is 4.37. The van der Waals surface area contributed by atoms with Crippen LogP contribution in [0.3, 0.4) is 0 Å². The van der Waals surface area contributed by atoms with Crippen molar-refractivity contribution in [3.05, 3.63) is 59.4 Å². The molecule has 1 fully saturated rings. The topological polar surface area (TPSA) is 105 Å². The standard InChI is InChI=1S/C22H28N8O/c1-14-10-29(11-15(2)31-14)19-5-3-4-16(7-19)12-30-13-17(9-24-30)6-18-8-20(23)25-22-21(18)26-28-27-22/h3-5,7-9,13-15,26,28H,6,10-12H2,1-2H3,(H3,23,25,27)/t14-,15+. The van der Waals surface area contributed by atoms with E-state index in [1.165, 1.54) is 11.3 Å². The van der Waals surface area contributed by atoms with E-state index >= 15 is 0 Å². The largest absolute Gasteiger partial charge is 0.384 e. The smallest absolute Gasteiger partial charge is 0.169 e. The molecule has 0 bridgehead atoms. The van der Waals surface area contributed by atoms with Gasteiger partial charge < -0.3 is 20.8 Å². The number of hydrogen-bond acceptors (Lipinski definition) is 8. The Hall–Kier alpha value is -3.30. The zero-order chi connectivity index (χ0) is 21.4. The number of nitrogen functional groups attached to an aromatic ring is 1. The normalized spacial score (nSPS) is 20.3. The molecule has 1 aromatic carbocycles. The summed E-state index contributed by atoms with van der Waals surface area (Å²) < 4.78 is 7.85. The van der Waals surface area contributed by atoms with Crippen LogP contribution in [0.25, 0.3) is 0 Å². The minimum absolute atomic E-state index is 0.240. The van der Waals surface area contributed by atoms with Crippen molar-refractivity contribution < 1.29 is 4.74 Å². The lowest BCUT2D eigenvalue weighted by Gasteiger charge is -2.37. The van der Waals surface area contributed by atoms with Crippen molar-refractivity contribution in [1.29, 1.82) is 0 Å². The lowest BCUT2D eigenvalue weighted by Crippen LogP contribution is -2.45. The molecule has 0 spiro atoms. The number of aromatic nitrogens is 3. The fraction of sp³-hybridized carbons (Fsp3) is 0.364. The molecule has 4 heterocycles. The number of hydrazine groups is 2. The highest BCUT2D eigenvalue weighted by molar-refractivity contribution is 5.74. The number of hydrogen-bond donors (Lipinski definition) is 4. The first-order valence-electron chi connectivity index (χ1n) is 10.6.